The van der Waals surface area contributed by atoms with Gasteiger partial charge in [-0.2, -0.15) is 0 Å². The Balaban J connectivity index is 1.91. The van der Waals surface area contributed by atoms with E-state index in [9.17, 15) is 9.59 Å². The molecule has 0 radical (unpaired) electrons. The number of rotatable bonds is 5. The van der Waals surface area contributed by atoms with Crippen LogP contribution in [-0.2, 0) is 9.59 Å². The van der Waals surface area contributed by atoms with Gasteiger partial charge in [0.05, 0.1) is 7.11 Å². The predicted molar refractivity (Wildman–Crippen MR) is 92.0 cm³/mol. The molecule has 130 valence electrons. The molecular weight excluding hydrogens is 308 g/mol. The molecule has 2 amide bonds. The number of hydrogen-bond donors (Lipinski definition) is 0. The van der Waals surface area contributed by atoms with Crippen molar-refractivity contribution in [2.24, 2.45) is 0 Å². The standard InChI is InChI=1S/C18H24N2O4/c1-4-5-15-6-7-16(17(12-15)23-3)24-13-18(22)20-10-8-19(9-11-20)14(2)21/h4-7,12H,8-11,13H2,1-3H3/b5-4+. The number of benzene rings is 1. The second-order valence-electron chi connectivity index (χ2n) is 5.59. The van der Waals surface area contributed by atoms with Crippen LogP contribution in [0, 0.1) is 0 Å². The zero-order valence-corrected chi connectivity index (χ0v) is 14.4. The minimum Gasteiger partial charge on any atom is -0.493 e. The minimum absolute atomic E-state index is 0.0423. The Hall–Kier alpha value is -2.50. The topological polar surface area (TPSA) is 59.1 Å². The van der Waals surface area contributed by atoms with Crippen molar-refractivity contribution in [3.63, 3.8) is 0 Å². The van der Waals surface area contributed by atoms with Crippen LogP contribution in [0.2, 0.25) is 0 Å². The van der Waals surface area contributed by atoms with Crippen molar-refractivity contribution in [2.45, 2.75) is 13.8 Å². The summed E-state index contributed by atoms with van der Waals surface area (Å²) in [7, 11) is 1.57. The van der Waals surface area contributed by atoms with Gasteiger partial charge in [0.2, 0.25) is 5.91 Å². The average Bonchev–Trinajstić information content (AvgIpc) is 2.60. The van der Waals surface area contributed by atoms with Crippen molar-refractivity contribution in [3.8, 4) is 11.5 Å². The van der Waals surface area contributed by atoms with Crippen molar-refractivity contribution in [2.75, 3.05) is 39.9 Å². The van der Waals surface area contributed by atoms with E-state index < -0.39 is 0 Å². The van der Waals surface area contributed by atoms with Crippen molar-refractivity contribution in [1.82, 2.24) is 9.80 Å². The molecule has 1 aliphatic rings. The molecule has 1 aromatic carbocycles. The molecule has 0 unspecified atom stereocenters. The molecule has 0 aliphatic carbocycles. The summed E-state index contributed by atoms with van der Waals surface area (Å²) in [6.45, 7) is 5.67. The Morgan fingerprint density at radius 1 is 1.12 bits per heavy atom. The van der Waals surface area contributed by atoms with Gasteiger partial charge in [0.15, 0.2) is 18.1 Å². The van der Waals surface area contributed by atoms with E-state index in [0.29, 0.717) is 37.7 Å². The Kier molecular flexibility index (Phi) is 6.23. The van der Waals surface area contributed by atoms with Gasteiger partial charge >= 0.3 is 0 Å². The second-order valence-corrected chi connectivity index (χ2v) is 5.59. The van der Waals surface area contributed by atoms with Crippen LogP contribution in [0.25, 0.3) is 6.08 Å². The maximum absolute atomic E-state index is 12.3. The lowest BCUT2D eigenvalue weighted by Gasteiger charge is -2.34. The molecule has 1 fully saturated rings. The van der Waals surface area contributed by atoms with Crippen LogP contribution < -0.4 is 9.47 Å². The molecule has 0 atom stereocenters. The van der Waals surface area contributed by atoms with Crippen LogP contribution in [0.3, 0.4) is 0 Å². The summed E-state index contributed by atoms with van der Waals surface area (Å²) >= 11 is 0. The smallest absolute Gasteiger partial charge is 0.260 e. The number of ether oxygens (including phenoxy) is 2. The lowest BCUT2D eigenvalue weighted by Crippen LogP contribution is -2.51. The molecule has 0 spiro atoms. The predicted octanol–water partition coefficient (Wildman–Crippen LogP) is 1.80. The molecule has 0 saturated carbocycles. The van der Waals surface area contributed by atoms with Crippen LogP contribution in [0.1, 0.15) is 19.4 Å². The van der Waals surface area contributed by atoms with Crippen LogP contribution in [0.5, 0.6) is 11.5 Å². The third-order valence-corrected chi connectivity index (χ3v) is 3.98. The highest BCUT2D eigenvalue weighted by molar-refractivity contribution is 5.79. The molecule has 1 saturated heterocycles. The van der Waals surface area contributed by atoms with E-state index in [4.69, 9.17) is 9.47 Å². The molecular formula is C18H24N2O4. The fraction of sp³-hybridized carbons (Fsp3) is 0.444. The molecule has 1 aliphatic heterocycles. The average molecular weight is 332 g/mol. The lowest BCUT2D eigenvalue weighted by atomic mass is 10.2. The fourth-order valence-corrected chi connectivity index (χ4v) is 2.60. The van der Waals surface area contributed by atoms with Gasteiger partial charge in [0.1, 0.15) is 0 Å². The van der Waals surface area contributed by atoms with Gasteiger partial charge in [-0.25, -0.2) is 0 Å². The molecule has 6 heteroatoms. The monoisotopic (exact) mass is 332 g/mol. The van der Waals surface area contributed by atoms with Gasteiger partial charge in [-0.05, 0) is 24.6 Å². The summed E-state index contributed by atoms with van der Waals surface area (Å²) in [4.78, 5) is 27.0. The van der Waals surface area contributed by atoms with Crippen LogP contribution in [-0.4, -0.2) is 61.5 Å². The number of nitrogens with zero attached hydrogens (tertiary/aromatic N) is 2. The zero-order valence-electron chi connectivity index (χ0n) is 14.4. The molecule has 1 aromatic rings. The number of methoxy groups -OCH3 is 1. The first-order valence-corrected chi connectivity index (χ1v) is 8.02. The van der Waals surface area contributed by atoms with Crippen LogP contribution in [0.4, 0.5) is 0 Å². The van der Waals surface area contributed by atoms with E-state index in [2.05, 4.69) is 0 Å². The summed E-state index contributed by atoms with van der Waals surface area (Å²) in [5.74, 6) is 1.10. The second kappa shape index (κ2) is 8.38. The summed E-state index contributed by atoms with van der Waals surface area (Å²) < 4.78 is 11.0. The normalized spacial score (nSPS) is 14.8. The number of allylic oxidation sites excluding steroid dienone is 1. The third-order valence-electron chi connectivity index (χ3n) is 3.98. The Morgan fingerprint density at radius 2 is 1.79 bits per heavy atom. The Bertz CT molecular complexity index is 619. The molecule has 2 rings (SSSR count). The first kappa shape index (κ1) is 17.8. The van der Waals surface area contributed by atoms with Crippen LogP contribution >= 0.6 is 0 Å². The summed E-state index contributed by atoms with van der Waals surface area (Å²) in [5.41, 5.74) is 1.01. The van der Waals surface area contributed by atoms with E-state index in [1.807, 2.05) is 31.2 Å². The summed E-state index contributed by atoms with van der Waals surface area (Å²) in [6, 6.07) is 5.58. The highest BCUT2D eigenvalue weighted by Gasteiger charge is 2.22. The van der Waals surface area contributed by atoms with E-state index >= 15 is 0 Å². The van der Waals surface area contributed by atoms with Crippen molar-refractivity contribution in [1.29, 1.82) is 0 Å². The lowest BCUT2D eigenvalue weighted by molar-refractivity contribution is -0.139. The largest absolute Gasteiger partial charge is 0.493 e. The van der Waals surface area contributed by atoms with Gasteiger partial charge in [0, 0.05) is 33.1 Å². The third kappa shape index (κ3) is 4.50. The molecule has 0 aromatic heterocycles. The number of carbonyl (C=O) groups is 2. The number of piperazine rings is 1. The highest BCUT2D eigenvalue weighted by Crippen LogP contribution is 2.28. The SMILES string of the molecule is C/C=C/c1ccc(OCC(=O)N2CCN(C(C)=O)CC2)c(OC)c1. The van der Waals surface area contributed by atoms with E-state index in [1.165, 1.54) is 0 Å². The highest BCUT2D eigenvalue weighted by atomic mass is 16.5. The Morgan fingerprint density at radius 3 is 2.38 bits per heavy atom. The number of hydrogen-bond acceptors (Lipinski definition) is 4. The molecule has 24 heavy (non-hydrogen) atoms. The Labute approximate surface area is 142 Å². The van der Waals surface area contributed by atoms with Crippen molar-refractivity contribution < 1.29 is 19.1 Å². The molecule has 1 heterocycles. The van der Waals surface area contributed by atoms with E-state index in [1.54, 1.807) is 29.9 Å². The van der Waals surface area contributed by atoms with Gasteiger partial charge < -0.3 is 19.3 Å². The van der Waals surface area contributed by atoms with E-state index in [0.717, 1.165) is 5.56 Å². The molecule has 0 bridgehead atoms. The van der Waals surface area contributed by atoms with Gasteiger partial charge in [-0.3, -0.25) is 9.59 Å². The molecule has 6 nitrogen and oxygen atoms in total. The zero-order chi connectivity index (χ0) is 17.5. The van der Waals surface area contributed by atoms with E-state index in [-0.39, 0.29) is 18.4 Å². The maximum atomic E-state index is 12.3. The van der Waals surface area contributed by atoms with Gasteiger partial charge in [-0.15, -0.1) is 0 Å². The van der Waals surface area contributed by atoms with Crippen molar-refractivity contribution >= 4 is 17.9 Å². The van der Waals surface area contributed by atoms with Crippen LogP contribution in [0.15, 0.2) is 24.3 Å². The minimum atomic E-state index is -0.0854. The fourth-order valence-electron chi connectivity index (χ4n) is 2.60. The quantitative estimate of drug-likeness (QED) is 0.825. The van der Waals surface area contributed by atoms with Crippen molar-refractivity contribution in [3.05, 3.63) is 29.8 Å². The first-order valence-electron chi connectivity index (χ1n) is 8.02. The first-order chi connectivity index (χ1) is 11.5. The summed E-state index contributed by atoms with van der Waals surface area (Å²) in [6.07, 6.45) is 3.91. The molecule has 0 N–H and O–H groups in total. The summed E-state index contributed by atoms with van der Waals surface area (Å²) in [5, 5.41) is 0. The van der Waals surface area contributed by atoms with Gasteiger partial charge in [0.25, 0.3) is 5.91 Å². The number of carbonyl (C=O) groups excluding carboxylic acids is 2. The van der Waals surface area contributed by atoms with Gasteiger partial charge in [-0.1, -0.05) is 18.2 Å². The maximum Gasteiger partial charge on any atom is 0.260 e. The number of amides is 2.